The topological polar surface area (TPSA) is 56.7 Å². The Labute approximate surface area is 260 Å². The molecule has 0 radical (unpaired) electrons. The fourth-order valence-corrected chi connectivity index (χ4v) is 7.96. The molecule has 0 unspecified atom stereocenters. The minimum absolute atomic E-state index is 0.583. The van der Waals surface area contributed by atoms with Gasteiger partial charge in [0.15, 0.2) is 11.6 Å². The SMILES string of the molecule is c1ccc(-c2nc(-c3ccccc3)nc(-n3c4ccccc4c4c5c6ccccc6oc5c5c6ccccc6sc5c43)n2)cc1. The molecule has 45 heavy (non-hydrogen) atoms. The van der Waals surface area contributed by atoms with Crippen molar-refractivity contribution in [1.82, 2.24) is 19.5 Å². The summed E-state index contributed by atoms with van der Waals surface area (Å²) >= 11 is 1.79. The summed E-state index contributed by atoms with van der Waals surface area (Å²) in [6.45, 7) is 0. The number of nitrogens with zero attached hydrogens (tertiary/aromatic N) is 4. The van der Waals surface area contributed by atoms with Crippen LogP contribution >= 0.6 is 11.3 Å². The molecule has 0 atom stereocenters. The monoisotopic (exact) mass is 594 g/mol. The smallest absolute Gasteiger partial charge is 0.238 e. The predicted molar refractivity (Wildman–Crippen MR) is 185 cm³/mol. The molecule has 0 spiro atoms. The third-order valence-electron chi connectivity index (χ3n) is 8.65. The van der Waals surface area contributed by atoms with Crippen LogP contribution in [-0.2, 0) is 0 Å². The van der Waals surface area contributed by atoms with Crippen LogP contribution in [-0.4, -0.2) is 19.5 Å². The van der Waals surface area contributed by atoms with Gasteiger partial charge in [-0.2, -0.15) is 9.97 Å². The molecule has 0 saturated heterocycles. The number of para-hydroxylation sites is 2. The highest BCUT2D eigenvalue weighted by Gasteiger charge is 2.26. The quantitative estimate of drug-likeness (QED) is 0.204. The Balaban J connectivity index is 1.45. The van der Waals surface area contributed by atoms with E-state index < -0.39 is 0 Å². The number of hydrogen-bond donors (Lipinski definition) is 0. The van der Waals surface area contributed by atoms with E-state index in [0.717, 1.165) is 65.0 Å². The minimum atomic E-state index is 0.583. The third kappa shape index (κ3) is 3.51. The molecule has 0 saturated carbocycles. The number of benzene rings is 6. The molecule has 5 nitrogen and oxygen atoms in total. The Morgan fingerprint density at radius 2 is 1.11 bits per heavy atom. The number of rotatable bonds is 3. The number of hydrogen-bond acceptors (Lipinski definition) is 5. The highest BCUT2D eigenvalue weighted by Crippen LogP contribution is 2.50. The first-order valence-electron chi connectivity index (χ1n) is 14.9. The molecule has 0 N–H and O–H groups in total. The van der Waals surface area contributed by atoms with Crippen LogP contribution in [0.3, 0.4) is 0 Å². The van der Waals surface area contributed by atoms with Crippen LogP contribution in [0.4, 0.5) is 0 Å². The van der Waals surface area contributed by atoms with Gasteiger partial charge >= 0.3 is 0 Å². The molecular formula is C39H22N4OS. The third-order valence-corrected chi connectivity index (χ3v) is 9.82. The van der Waals surface area contributed by atoms with E-state index in [1.807, 2.05) is 66.7 Å². The van der Waals surface area contributed by atoms with Gasteiger partial charge in [-0.3, -0.25) is 4.57 Å². The Hall–Kier alpha value is -5.85. The van der Waals surface area contributed by atoms with Crippen LogP contribution in [0.1, 0.15) is 0 Å². The Morgan fingerprint density at radius 1 is 0.511 bits per heavy atom. The second-order valence-corrected chi connectivity index (χ2v) is 12.2. The van der Waals surface area contributed by atoms with Gasteiger partial charge < -0.3 is 4.42 Å². The van der Waals surface area contributed by atoms with Gasteiger partial charge in [-0.05, 0) is 18.2 Å². The molecule has 210 valence electrons. The van der Waals surface area contributed by atoms with Gasteiger partial charge in [0, 0.05) is 48.1 Å². The molecule has 6 aromatic carbocycles. The molecule has 10 rings (SSSR count). The van der Waals surface area contributed by atoms with Crippen molar-refractivity contribution in [1.29, 1.82) is 0 Å². The first-order valence-corrected chi connectivity index (χ1v) is 15.7. The second kappa shape index (κ2) is 9.32. The molecular weight excluding hydrogens is 573 g/mol. The fourth-order valence-electron chi connectivity index (χ4n) is 6.72. The van der Waals surface area contributed by atoms with Crippen molar-refractivity contribution < 1.29 is 4.42 Å². The van der Waals surface area contributed by atoms with Gasteiger partial charge in [0.05, 0.1) is 15.7 Å². The summed E-state index contributed by atoms with van der Waals surface area (Å²) < 4.78 is 11.3. The Morgan fingerprint density at radius 3 is 1.84 bits per heavy atom. The molecule has 4 heterocycles. The van der Waals surface area contributed by atoms with E-state index in [1.165, 1.54) is 10.1 Å². The second-order valence-electron chi connectivity index (χ2n) is 11.2. The van der Waals surface area contributed by atoms with Gasteiger partial charge in [0.25, 0.3) is 0 Å². The lowest BCUT2D eigenvalue weighted by molar-refractivity contribution is 0.673. The summed E-state index contributed by atoms with van der Waals surface area (Å²) in [5.74, 6) is 1.85. The highest BCUT2D eigenvalue weighted by atomic mass is 32.1. The summed E-state index contributed by atoms with van der Waals surface area (Å²) in [6, 6.07) is 45.8. The van der Waals surface area contributed by atoms with Gasteiger partial charge in [0.2, 0.25) is 5.95 Å². The first kappa shape index (κ1) is 24.6. The lowest BCUT2D eigenvalue weighted by atomic mass is 10.0. The Kier molecular flexibility index (Phi) is 5.09. The number of aromatic nitrogens is 4. The zero-order valence-corrected chi connectivity index (χ0v) is 24.6. The number of fused-ring (bicyclic) bond motifs is 12. The van der Waals surface area contributed by atoms with Crippen molar-refractivity contribution in [2.24, 2.45) is 0 Å². The van der Waals surface area contributed by atoms with E-state index in [2.05, 4.69) is 71.3 Å². The van der Waals surface area contributed by atoms with Crippen LogP contribution in [0.15, 0.2) is 138 Å². The van der Waals surface area contributed by atoms with Crippen LogP contribution in [0.2, 0.25) is 0 Å². The van der Waals surface area contributed by atoms with Gasteiger partial charge in [-0.15, -0.1) is 11.3 Å². The van der Waals surface area contributed by atoms with Gasteiger partial charge in [-0.25, -0.2) is 4.98 Å². The van der Waals surface area contributed by atoms with E-state index in [1.54, 1.807) is 11.3 Å². The summed E-state index contributed by atoms with van der Waals surface area (Å²) in [7, 11) is 0. The van der Waals surface area contributed by atoms with Crippen LogP contribution in [0.5, 0.6) is 0 Å². The summed E-state index contributed by atoms with van der Waals surface area (Å²) in [5.41, 5.74) is 5.79. The largest absolute Gasteiger partial charge is 0.455 e. The zero-order chi connectivity index (χ0) is 29.5. The van der Waals surface area contributed by atoms with Crippen molar-refractivity contribution in [3.8, 4) is 28.7 Å². The van der Waals surface area contributed by atoms with Crippen molar-refractivity contribution in [3.05, 3.63) is 133 Å². The van der Waals surface area contributed by atoms with Crippen LogP contribution < -0.4 is 0 Å². The molecule has 0 aliphatic carbocycles. The summed E-state index contributed by atoms with van der Waals surface area (Å²) in [4.78, 5) is 15.3. The molecule has 10 aromatic rings. The normalized spacial score (nSPS) is 12.0. The van der Waals surface area contributed by atoms with Crippen molar-refractivity contribution in [2.75, 3.05) is 0 Å². The van der Waals surface area contributed by atoms with E-state index in [9.17, 15) is 0 Å². The van der Waals surface area contributed by atoms with E-state index in [-0.39, 0.29) is 0 Å². The summed E-state index contributed by atoms with van der Waals surface area (Å²) in [6.07, 6.45) is 0. The fraction of sp³-hybridized carbons (Fsp3) is 0. The number of thiophene rings is 1. The van der Waals surface area contributed by atoms with Crippen molar-refractivity contribution >= 4 is 75.3 Å². The highest BCUT2D eigenvalue weighted by molar-refractivity contribution is 7.27. The first-order chi connectivity index (χ1) is 22.3. The molecule has 6 heteroatoms. The van der Waals surface area contributed by atoms with E-state index >= 15 is 0 Å². The molecule has 4 aromatic heterocycles. The van der Waals surface area contributed by atoms with Gasteiger partial charge in [0.1, 0.15) is 11.2 Å². The minimum Gasteiger partial charge on any atom is -0.455 e. The molecule has 0 aliphatic heterocycles. The lowest BCUT2D eigenvalue weighted by Gasteiger charge is -2.11. The van der Waals surface area contributed by atoms with Crippen LogP contribution in [0.25, 0.3) is 92.6 Å². The predicted octanol–water partition coefficient (Wildman–Crippen LogP) is 10.6. The van der Waals surface area contributed by atoms with Crippen molar-refractivity contribution in [3.63, 3.8) is 0 Å². The molecule has 0 aliphatic rings. The van der Waals surface area contributed by atoms with Crippen LogP contribution in [0, 0.1) is 0 Å². The Bertz CT molecular complexity index is 2700. The maximum absolute atomic E-state index is 6.71. The molecule has 0 fully saturated rings. The van der Waals surface area contributed by atoms with E-state index in [0.29, 0.717) is 17.6 Å². The lowest BCUT2D eigenvalue weighted by Crippen LogP contribution is -2.06. The average Bonchev–Trinajstić information content (AvgIpc) is 3.78. The number of furan rings is 1. The summed E-state index contributed by atoms with van der Waals surface area (Å²) in [5, 5.41) is 6.80. The standard InChI is InChI=1S/C39H22N4OS/c1-3-13-23(14-4-1)37-40-38(24-15-5-2-6-16-24)42-39(41-37)43-28-20-10-7-17-25(28)31-32-26-18-8-11-21-29(26)44-35(32)33-27-19-9-12-22-30(27)45-36(33)34(31)43/h1-22H. The zero-order valence-electron chi connectivity index (χ0n) is 23.8. The van der Waals surface area contributed by atoms with Gasteiger partial charge in [-0.1, -0.05) is 115 Å². The molecule has 0 amide bonds. The average molecular weight is 595 g/mol. The van der Waals surface area contributed by atoms with Crippen molar-refractivity contribution in [2.45, 2.75) is 0 Å². The molecule has 0 bridgehead atoms. The maximum atomic E-state index is 6.71. The maximum Gasteiger partial charge on any atom is 0.238 e. The van der Waals surface area contributed by atoms with E-state index in [4.69, 9.17) is 19.4 Å².